The summed E-state index contributed by atoms with van der Waals surface area (Å²) < 4.78 is 0. The summed E-state index contributed by atoms with van der Waals surface area (Å²) in [5.41, 5.74) is 11.6. The van der Waals surface area contributed by atoms with Gasteiger partial charge in [0.15, 0.2) is 0 Å². The summed E-state index contributed by atoms with van der Waals surface area (Å²) in [4.78, 5) is 9.32. The van der Waals surface area contributed by atoms with E-state index in [4.69, 9.17) is 10.7 Å². The van der Waals surface area contributed by atoms with E-state index in [1.807, 2.05) is 7.05 Å². The van der Waals surface area contributed by atoms with Gasteiger partial charge in [-0.05, 0) is 51.1 Å². The zero-order valence-corrected chi connectivity index (χ0v) is 19.7. The van der Waals surface area contributed by atoms with Gasteiger partial charge >= 0.3 is 0 Å². The van der Waals surface area contributed by atoms with Crippen molar-refractivity contribution in [1.82, 2.24) is 15.3 Å². The topological polar surface area (TPSA) is 87.9 Å². The Morgan fingerprint density at radius 2 is 1.73 bits per heavy atom. The number of hydrogen-bond donors (Lipinski definition) is 4. The van der Waals surface area contributed by atoms with E-state index in [-0.39, 0.29) is 0 Å². The fraction of sp³-hybridized carbons (Fsp3) is 0.259. The van der Waals surface area contributed by atoms with Crippen LogP contribution in [-0.4, -0.2) is 37.3 Å². The maximum absolute atomic E-state index is 4.92. The second kappa shape index (κ2) is 12.5. The second-order valence-corrected chi connectivity index (χ2v) is 7.81. The van der Waals surface area contributed by atoms with Crippen molar-refractivity contribution >= 4 is 22.5 Å². The predicted molar refractivity (Wildman–Crippen MR) is 141 cm³/mol. The highest BCUT2D eigenvalue weighted by atomic mass is 15.1. The Morgan fingerprint density at radius 1 is 0.970 bits per heavy atom. The van der Waals surface area contributed by atoms with Crippen LogP contribution in [0.1, 0.15) is 18.4 Å². The van der Waals surface area contributed by atoms with Gasteiger partial charge in [0.1, 0.15) is 0 Å². The molecule has 0 fully saturated rings. The van der Waals surface area contributed by atoms with E-state index in [9.17, 15) is 0 Å². The standard InChI is InChI=1S/C25H26N4.C2H8N2/c1-18-10-15-23-22(16-18)24(29-25(26-2)28-23)20-11-13-21(14-12-20)27-17-19-8-6-4-3-5-7-9-19;1-4-2-3/h3-6,9-16,27H,7-8,17H2,1-2H3,(H,26,28,29);4H,2-3H2,1H3/b5-3?,6-4-,19-9+;. The molecule has 0 amide bonds. The van der Waals surface area contributed by atoms with Gasteiger partial charge in [0.25, 0.3) is 0 Å². The molecule has 0 bridgehead atoms. The molecule has 0 radical (unpaired) electrons. The van der Waals surface area contributed by atoms with Gasteiger partial charge in [0.05, 0.1) is 11.2 Å². The third-order valence-corrected chi connectivity index (χ3v) is 5.26. The maximum Gasteiger partial charge on any atom is 0.223 e. The van der Waals surface area contributed by atoms with Crippen LogP contribution in [0.4, 0.5) is 11.6 Å². The molecule has 1 aliphatic carbocycles. The van der Waals surface area contributed by atoms with Crippen LogP contribution in [0.3, 0.4) is 0 Å². The molecule has 0 unspecified atom stereocenters. The minimum absolute atomic E-state index is 0.569. The van der Waals surface area contributed by atoms with Gasteiger partial charge in [-0.1, -0.05) is 59.7 Å². The van der Waals surface area contributed by atoms with Crippen molar-refractivity contribution in [1.29, 1.82) is 0 Å². The van der Waals surface area contributed by atoms with E-state index in [0.717, 1.165) is 47.2 Å². The first-order valence-corrected chi connectivity index (χ1v) is 11.3. The van der Waals surface area contributed by atoms with Gasteiger partial charge in [-0.15, -0.1) is 0 Å². The molecule has 1 aliphatic rings. The second-order valence-electron chi connectivity index (χ2n) is 7.81. The number of allylic oxidation sites excluding steroid dienone is 5. The fourth-order valence-electron chi connectivity index (χ4n) is 3.45. The summed E-state index contributed by atoms with van der Waals surface area (Å²) in [5, 5.41) is 10.4. The molecule has 3 aromatic rings. The Bertz CT molecular complexity index is 1130. The first-order valence-electron chi connectivity index (χ1n) is 11.3. The summed E-state index contributed by atoms with van der Waals surface area (Å²) in [6, 6.07) is 14.8. The molecular formula is C27H34N6. The van der Waals surface area contributed by atoms with Gasteiger partial charge in [0.2, 0.25) is 5.95 Å². The first kappa shape index (κ1) is 24.2. The average Bonchev–Trinajstić information content (AvgIpc) is 2.83. The van der Waals surface area contributed by atoms with E-state index in [0.29, 0.717) is 12.6 Å². The van der Waals surface area contributed by atoms with Crippen LogP contribution in [0, 0.1) is 6.92 Å². The number of nitrogens with two attached hydrogens (primary N) is 1. The molecule has 6 nitrogen and oxygen atoms in total. The normalized spacial score (nSPS) is 15.5. The first-order chi connectivity index (χ1) is 16.1. The van der Waals surface area contributed by atoms with Crippen molar-refractivity contribution in [3.05, 3.63) is 84.0 Å². The Kier molecular flexibility index (Phi) is 9.18. The van der Waals surface area contributed by atoms with Crippen molar-refractivity contribution < 1.29 is 0 Å². The number of aromatic nitrogens is 2. The number of hydrogen-bond acceptors (Lipinski definition) is 6. The Hall–Kier alpha value is -3.48. The van der Waals surface area contributed by atoms with E-state index in [1.54, 1.807) is 7.05 Å². The SMILES string of the molecule is CNCN.CNc1nc(-c2ccc(NC/C3=C/CC=C/C=C\C3)cc2)c2cc(C)ccc2n1. The highest BCUT2D eigenvalue weighted by molar-refractivity contribution is 5.93. The molecule has 1 aromatic heterocycles. The third-order valence-electron chi connectivity index (χ3n) is 5.26. The molecule has 172 valence electrons. The van der Waals surface area contributed by atoms with Crippen LogP contribution in [0.2, 0.25) is 0 Å². The predicted octanol–water partition coefficient (Wildman–Crippen LogP) is 5.01. The lowest BCUT2D eigenvalue weighted by Gasteiger charge is -2.12. The van der Waals surface area contributed by atoms with E-state index in [1.165, 1.54) is 11.1 Å². The van der Waals surface area contributed by atoms with Crippen LogP contribution in [0.25, 0.3) is 22.2 Å². The highest BCUT2D eigenvalue weighted by Gasteiger charge is 2.10. The molecule has 2 aromatic carbocycles. The summed E-state index contributed by atoms with van der Waals surface area (Å²) in [6.45, 7) is 3.52. The van der Waals surface area contributed by atoms with Crippen molar-refractivity contribution in [2.75, 3.05) is 37.9 Å². The molecule has 0 saturated heterocycles. The number of aryl methyl sites for hydroxylation is 1. The van der Waals surface area contributed by atoms with Gasteiger partial charge in [-0.3, -0.25) is 0 Å². The van der Waals surface area contributed by atoms with Crippen molar-refractivity contribution in [2.24, 2.45) is 5.73 Å². The van der Waals surface area contributed by atoms with Crippen molar-refractivity contribution in [3.8, 4) is 11.3 Å². The summed E-state index contributed by atoms with van der Waals surface area (Å²) in [5.74, 6) is 0.636. The van der Waals surface area contributed by atoms with E-state index in [2.05, 4.69) is 101 Å². The van der Waals surface area contributed by atoms with E-state index >= 15 is 0 Å². The van der Waals surface area contributed by atoms with E-state index < -0.39 is 0 Å². The largest absolute Gasteiger partial charge is 0.381 e. The number of anilines is 2. The zero-order valence-electron chi connectivity index (χ0n) is 19.7. The molecular weight excluding hydrogens is 408 g/mol. The minimum atomic E-state index is 0.569. The molecule has 5 N–H and O–H groups in total. The molecule has 4 rings (SSSR count). The molecule has 0 aliphatic heterocycles. The Morgan fingerprint density at radius 3 is 2.45 bits per heavy atom. The van der Waals surface area contributed by atoms with Crippen molar-refractivity contribution in [3.63, 3.8) is 0 Å². The molecule has 0 spiro atoms. The fourth-order valence-corrected chi connectivity index (χ4v) is 3.45. The highest BCUT2D eigenvalue weighted by Crippen LogP contribution is 2.29. The van der Waals surface area contributed by atoms with Gasteiger partial charge < -0.3 is 21.7 Å². The Labute approximate surface area is 196 Å². The summed E-state index contributed by atoms with van der Waals surface area (Å²) >= 11 is 0. The smallest absolute Gasteiger partial charge is 0.223 e. The van der Waals surface area contributed by atoms with Gasteiger partial charge in [-0.25, -0.2) is 9.97 Å². The number of nitrogens with zero attached hydrogens (tertiary/aromatic N) is 2. The molecule has 33 heavy (non-hydrogen) atoms. The quantitative estimate of drug-likeness (QED) is 0.317. The number of rotatable bonds is 6. The lowest BCUT2D eigenvalue weighted by molar-refractivity contribution is 0.833. The molecule has 6 heteroatoms. The molecule has 0 atom stereocenters. The third kappa shape index (κ3) is 7.00. The van der Waals surface area contributed by atoms with Crippen LogP contribution in [-0.2, 0) is 0 Å². The van der Waals surface area contributed by atoms with Crippen LogP contribution < -0.4 is 21.7 Å². The summed E-state index contributed by atoms with van der Waals surface area (Å²) in [6.07, 6.45) is 12.9. The number of fused-ring (bicyclic) bond motifs is 1. The van der Waals surface area contributed by atoms with Crippen molar-refractivity contribution in [2.45, 2.75) is 19.8 Å². The number of nitrogens with one attached hydrogen (secondary N) is 3. The zero-order chi connectivity index (χ0) is 23.5. The molecule has 0 saturated carbocycles. The van der Waals surface area contributed by atoms with Gasteiger partial charge in [-0.2, -0.15) is 0 Å². The average molecular weight is 443 g/mol. The van der Waals surface area contributed by atoms with Crippen LogP contribution in [0.5, 0.6) is 0 Å². The van der Waals surface area contributed by atoms with Crippen LogP contribution in [0.15, 0.2) is 78.4 Å². The monoisotopic (exact) mass is 442 g/mol. The van der Waals surface area contributed by atoms with Gasteiger partial charge in [0, 0.05) is 36.9 Å². The minimum Gasteiger partial charge on any atom is -0.381 e. The maximum atomic E-state index is 4.92. The Balaban J connectivity index is 0.000000709. The lowest BCUT2D eigenvalue weighted by atomic mass is 10.0. The molecule has 1 heterocycles. The lowest BCUT2D eigenvalue weighted by Crippen LogP contribution is -2.15. The number of benzene rings is 2. The van der Waals surface area contributed by atoms with Crippen LogP contribution >= 0.6 is 0 Å². The summed E-state index contributed by atoms with van der Waals surface area (Å²) in [7, 11) is 3.65.